The van der Waals surface area contributed by atoms with Crippen LogP contribution in [-0.2, 0) is 11.2 Å². The number of amides is 1. The second kappa shape index (κ2) is 7.24. The van der Waals surface area contributed by atoms with Crippen molar-refractivity contribution in [3.05, 3.63) is 63.4 Å². The number of benzene rings is 2. The summed E-state index contributed by atoms with van der Waals surface area (Å²) in [6.45, 7) is 0. The predicted octanol–water partition coefficient (Wildman–Crippen LogP) is 3.53. The molecule has 0 unspecified atom stereocenters. The summed E-state index contributed by atoms with van der Waals surface area (Å²) >= 11 is 11.5. The quantitative estimate of drug-likeness (QED) is 0.660. The fourth-order valence-corrected chi connectivity index (χ4v) is 2.17. The van der Waals surface area contributed by atoms with Gasteiger partial charge in [0.25, 0.3) is 0 Å². The first-order valence-corrected chi connectivity index (χ1v) is 6.95. The van der Waals surface area contributed by atoms with E-state index in [1.54, 1.807) is 0 Å². The lowest BCUT2D eigenvalue weighted by atomic mass is 10.1. The highest BCUT2D eigenvalue weighted by molar-refractivity contribution is 6.37. The summed E-state index contributed by atoms with van der Waals surface area (Å²) in [6, 6.07) is 8.53. The molecule has 1 amide bonds. The van der Waals surface area contributed by atoms with E-state index in [4.69, 9.17) is 23.2 Å². The standard InChI is InChI=1S/C15H11Cl2FN2O2/c16-12-5-10(6-13(17)15(12)22)8-19-20-14(21)7-9-1-3-11(18)4-2-9/h1-6,8,22H,7H2,(H,20,21)/b19-8+. The Hall–Kier alpha value is -2.11. The van der Waals surface area contributed by atoms with Crippen molar-refractivity contribution in [2.45, 2.75) is 6.42 Å². The van der Waals surface area contributed by atoms with Gasteiger partial charge in [-0.3, -0.25) is 4.79 Å². The number of hydrogen-bond acceptors (Lipinski definition) is 3. The van der Waals surface area contributed by atoms with Crippen LogP contribution in [0.5, 0.6) is 5.75 Å². The second-order valence-corrected chi connectivity index (χ2v) is 5.24. The molecular weight excluding hydrogens is 330 g/mol. The lowest BCUT2D eigenvalue weighted by Gasteiger charge is -2.02. The number of hydrazone groups is 1. The van der Waals surface area contributed by atoms with Gasteiger partial charge in [0.05, 0.1) is 22.7 Å². The first-order valence-electron chi connectivity index (χ1n) is 6.20. The Morgan fingerprint density at radius 3 is 2.41 bits per heavy atom. The number of carbonyl (C=O) groups is 1. The highest BCUT2D eigenvalue weighted by atomic mass is 35.5. The smallest absolute Gasteiger partial charge is 0.244 e. The zero-order valence-corrected chi connectivity index (χ0v) is 12.7. The molecular formula is C15H11Cl2FN2O2. The minimum Gasteiger partial charge on any atom is -0.505 e. The molecule has 0 heterocycles. The average Bonchev–Trinajstić information content (AvgIpc) is 2.47. The van der Waals surface area contributed by atoms with Crippen LogP contribution in [0.25, 0.3) is 0 Å². The number of hydrogen-bond donors (Lipinski definition) is 2. The van der Waals surface area contributed by atoms with Crippen LogP contribution in [0.4, 0.5) is 4.39 Å². The van der Waals surface area contributed by atoms with E-state index < -0.39 is 0 Å². The number of nitrogens with zero attached hydrogens (tertiary/aromatic N) is 1. The van der Waals surface area contributed by atoms with Crippen LogP contribution in [0.1, 0.15) is 11.1 Å². The number of phenolic OH excluding ortho intramolecular Hbond substituents is 1. The predicted molar refractivity (Wildman–Crippen MR) is 84.0 cm³/mol. The fourth-order valence-electron chi connectivity index (χ4n) is 1.67. The SMILES string of the molecule is O=C(Cc1ccc(F)cc1)N/N=C/c1cc(Cl)c(O)c(Cl)c1. The molecule has 2 aromatic carbocycles. The van der Waals surface area contributed by atoms with E-state index in [9.17, 15) is 14.3 Å². The summed E-state index contributed by atoms with van der Waals surface area (Å²) in [5.74, 6) is -0.914. The molecule has 0 radical (unpaired) electrons. The molecule has 0 atom stereocenters. The molecule has 0 aliphatic rings. The van der Waals surface area contributed by atoms with E-state index in [0.29, 0.717) is 11.1 Å². The van der Waals surface area contributed by atoms with Crippen LogP contribution >= 0.6 is 23.2 Å². The first kappa shape index (κ1) is 16.3. The van der Waals surface area contributed by atoms with Gasteiger partial charge in [-0.2, -0.15) is 5.10 Å². The maximum atomic E-state index is 12.7. The fraction of sp³-hybridized carbons (Fsp3) is 0.0667. The molecule has 0 saturated heterocycles. The molecule has 0 fully saturated rings. The Morgan fingerprint density at radius 1 is 1.23 bits per heavy atom. The minimum atomic E-state index is -0.358. The molecule has 0 aliphatic carbocycles. The normalized spacial score (nSPS) is 10.9. The van der Waals surface area contributed by atoms with E-state index >= 15 is 0 Å². The van der Waals surface area contributed by atoms with Crippen molar-refractivity contribution in [3.63, 3.8) is 0 Å². The molecule has 2 rings (SSSR count). The third-order valence-corrected chi connectivity index (χ3v) is 3.30. The van der Waals surface area contributed by atoms with Crippen LogP contribution in [0, 0.1) is 5.82 Å². The molecule has 0 bridgehead atoms. The minimum absolute atomic E-state index is 0.0781. The Labute approximate surface area is 136 Å². The lowest BCUT2D eigenvalue weighted by molar-refractivity contribution is -0.120. The largest absolute Gasteiger partial charge is 0.505 e. The van der Waals surface area contributed by atoms with E-state index in [0.717, 1.165) is 0 Å². The number of aromatic hydroxyl groups is 1. The van der Waals surface area contributed by atoms with Gasteiger partial charge in [-0.25, -0.2) is 9.82 Å². The van der Waals surface area contributed by atoms with Gasteiger partial charge < -0.3 is 5.11 Å². The Kier molecular flexibility index (Phi) is 5.35. The monoisotopic (exact) mass is 340 g/mol. The number of halogens is 3. The molecule has 0 saturated carbocycles. The molecule has 2 N–H and O–H groups in total. The van der Waals surface area contributed by atoms with Crippen LogP contribution < -0.4 is 5.43 Å². The van der Waals surface area contributed by atoms with Crippen LogP contribution in [0.3, 0.4) is 0 Å². The third kappa shape index (κ3) is 4.44. The Morgan fingerprint density at radius 2 is 1.82 bits per heavy atom. The summed E-state index contributed by atoms with van der Waals surface area (Å²) in [7, 11) is 0. The molecule has 7 heteroatoms. The highest BCUT2D eigenvalue weighted by Crippen LogP contribution is 2.32. The first-order chi connectivity index (χ1) is 10.5. The van der Waals surface area contributed by atoms with Gasteiger partial charge in [-0.15, -0.1) is 0 Å². The van der Waals surface area contributed by atoms with Crippen LogP contribution in [-0.4, -0.2) is 17.2 Å². The van der Waals surface area contributed by atoms with Gasteiger partial charge in [0, 0.05) is 0 Å². The summed E-state index contributed by atoms with van der Waals surface area (Å²) in [4.78, 5) is 11.7. The summed E-state index contributed by atoms with van der Waals surface area (Å²) < 4.78 is 12.7. The summed E-state index contributed by atoms with van der Waals surface area (Å²) in [5.41, 5.74) is 3.53. The van der Waals surface area contributed by atoms with Crippen LogP contribution in [0.15, 0.2) is 41.5 Å². The van der Waals surface area contributed by atoms with Gasteiger partial charge >= 0.3 is 0 Å². The van der Waals surface area contributed by atoms with Crippen molar-refractivity contribution in [2.24, 2.45) is 5.10 Å². The van der Waals surface area contributed by atoms with Gasteiger partial charge in [0.15, 0.2) is 5.75 Å². The van der Waals surface area contributed by atoms with E-state index in [2.05, 4.69) is 10.5 Å². The van der Waals surface area contributed by atoms with Crippen LogP contribution in [0.2, 0.25) is 10.0 Å². The lowest BCUT2D eigenvalue weighted by Crippen LogP contribution is -2.19. The zero-order valence-electron chi connectivity index (χ0n) is 11.2. The summed E-state index contributed by atoms with van der Waals surface area (Å²) in [6.07, 6.45) is 1.43. The average molecular weight is 341 g/mol. The molecule has 4 nitrogen and oxygen atoms in total. The van der Waals surface area contributed by atoms with E-state index in [1.165, 1.54) is 42.6 Å². The van der Waals surface area contributed by atoms with E-state index in [1.807, 2.05) is 0 Å². The van der Waals surface area contributed by atoms with Crippen molar-refractivity contribution in [1.82, 2.24) is 5.43 Å². The Balaban J connectivity index is 1.94. The number of phenols is 1. The molecule has 22 heavy (non-hydrogen) atoms. The highest BCUT2D eigenvalue weighted by Gasteiger charge is 2.06. The molecule has 2 aromatic rings. The maximum absolute atomic E-state index is 12.7. The number of rotatable bonds is 4. The second-order valence-electron chi connectivity index (χ2n) is 4.43. The van der Waals surface area contributed by atoms with Gasteiger partial charge in [-0.1, -0.05) is 35.3 Å². The molecule has 0 spiro atoms. The maximum Gasteiger partial charge on any atom is 0.244 e. The van der Waals surface area contributed by atoms with Gasteiger partial charge in [0.2, 0.25) is 5.91 Å². The zero-order chi connectivity index (χ0) is 16.1. The molecule has 0 aliphatic heterocycles. The van der Waals surface area contributed by atoms with Gasteiger partial charge in [0.1, 0.15) is 5.82 Å². The van der Waals surface area contributed by atoms with Gasteiger partial charge in [-0.05, 0) is 35.4 Å². The van der Waals surface area contributed by atoms with E-state index in [-0.39, 0.29) is 33.9 Å². The van der Waals surface area contributed by atoms with Crippen molar-refractivity contribution in [3.8, 4) is 5.75 Å². The Bertz CT molecular complexity index is 695. The van der Waals surface area contributed by atoms with Crippen molar-refractivity contribution in [2.75, 3.05) is 0 Å². The van der Waals surface area contributed by atoms with Crippen molar-refractivity contribution < 1.29 is 14.3 Å². The summed E-state index contributed by atoms with van der Waals surface area (Å²) in [5, 5.41) is 13.4. The molecule has 0 aromatic heterocycles. The third-order valence-electron chi connectivity index (χ3n) is 2.72. The molecule has 114 valence electrons. The topological polar surface area (TPSA) is 61.7 Å². The number of carbonyl (C=O) groups excluding carboxylic acids is 1. The van der Waals surface area contributed by atoms with Crippen molar-refractivity contribution in [1.29, 1.82) is 0 Å². The van der Waals surface area contributed by atoms with Crippen molar-refractivity contribution >= 4 is 35.3 Å². The number of nitrogens with one attached hydrogen (secondary N) is 1.